The second-order valence-electron chi connectivity index (χ2n) is 8.50. The molecule has 12 heteroatoms. The molecule has 1 saturated carbocycles. The van der Waals surface area contributed by atoms with Crippen molar-refractivity contribution in [2.24, 2.45) is 0 Å². The van der Waals surface area contributed by atoms with Crippen molar-refractivity contribution in [1.82, 2.24) is 30.0 Å². The van der Waals surface area contributed by atoms with E-state index in [-0.39, 0.29) is 24.5 Å². The molecule has 3 aromatic heterocycles. The van der Waals surface area contributed by atoms with E-state index >= 15 is 0 Å². The summed E-state index contributed by atoms with van der Waals surface area (Å²) in [7, 11) is 0. The summed E-state index contributed by atoms with van der Waals surface area (Å²) < 4.78 is 28.1. The lowest BCUT2D eigenvalue weighted by Gasteiger charge is -2.32. The first kappa shape index (κ1) is 21.6. The molecule has 1 aliphatic carbocycles. The molecule has 33 heavy (non-hydrogen) atoms. The summed E-state index contributed by atoms with van der Waals surface area (Å²) in [6.07, 6.45) is 2.47. The number of nitrogens with zero attached hydrogens (tertiary/aromatic N) is 5. The summed E-state index contributed by atoms with van der Waals surface area (Å²) in [5, 5.41) is 30.6. The van der Waals surface area contributed by atoms with E-state index in [0.717, 1.165) is 12.6 Å². The Labute approximate surface area is 187 Å². The number of H-pyrrole nitrogens is 1. The molecule has 0 aromatic carbocycles. The van der Waals surface area contributed by atoms with Gasteiger partial charge in [-0.3, -0.25) is 14.9 Å². The zero-order valence-corrected chi connectivity index (χ0v) is 17.5. The van der Waals surface area contributed by atoms with Crippen LogP contribution in [0.4, 0.5) is 14.6 Å². The fourth-order valence-corrected chi connectivity index (χ4v) is 4.69. The van der Waals surface area contributed by atoms with Gasteiger partial charge in [-0.1, -0.05) is 0 Å². The van der Waals surface area contributed by atoms with Crippen molar-refractivity contribution in [3.63, 3.8) is 0 Å². The van der Waals surface area contributed by atoms with Crippen molar-refractivity contribution in [2.45, 2.75) is 56.1 Å². The molecule has 4 heterocycles. The first-order valence-corrected chi connectivity index (χ1v) is 10.8. The third kappa shape index (κ3) is 4.00. The Balaban J connectivity index is 1.49. The van der Waals surface area contributed by atoms with Gasteiger partial charge in [-0.05, 0) is 30.9 Å². The number of nitrogens with one attached hydrogen (secondary N) is 2. The third-order valence-corrected chi connectivity index (χ3v) is 6.33. The predicted molar refractivity (Wildman–Crippen MR) is 112 cm³/mol. The van der Waals surface area contributed by atoms with Gasteiger partial charge in [-0.15, -0.1) is 0 Å². The molecule has 0 unspecified atom stereocenters. The predicted octanol–water partition coefficient (Wildman–Crippen LogP) is 1.50. The number of alkyl halides is 1. The minimum atomic E-state index is -1.28. The van der Waals surface area contributed by atoms with Crippen LogP contribution in [0.3, 0.4) is 0 Å². The quantitative estimate of drug-likeness (QED) is 0.460. The number of aromatic amines is 1. The van der Waals surface area contributed by atoms with Crippen LogP contribution in [0.25, 0.3) is 11.0 Å². The molecule has 1 aliphatic heterocycles. The first-order valence-electron chi connectivity index (χ1n) is 10.8. The molecule has 1 saturated heterocycles. The van der Waals surface area contributed by atoms with Gasteiger partial charge in [0.2, 0.25) is 0 Å². The maximum Gasteiger partial charge on any atom is 0.275 e. The number of pyridine rings is 1. The fraction of sp³-hybridized carbons (Fsp3) is 0.476. The van der Waals surface area contributed by atoms with Gasteiger partial charge in [0.05, 0.1) is 42.4 Å². The van der Waals surface area contributed by atoms with E-state index in [2.05, 4.69) is 30.5 Å². The number of aliphatic hydroxyl groups excluding tert-OH is 2. The number of rotatable bonds is 4. The number of aromatic nitrogens is 5. The Morgan fingerprint density at radius 1 is 1.24 bits per heavy atom. The molecule has 174 valence electrons. The van der Waals surface area contributed by atoms with Crippen LogP contribution in [0.15, 0.2) is 24.8 Å². The molecule has 0 spiro atoms. The smallest absolute Gasteiger partial charge is 0.275 e. The van der Waals surface area contributed by atoms with Crippen molar-refractivity contribution in [3.8, 4) is 0 Å². The molecule has 10 nitrogen and oxygen atoms in total. The van der Waals surface area contributed by atoms with Crippen LogP contribution >= 0.6 is 0 Å². The minimum absolute atomic E-state index is 0.0117. The highest BCUT2D eigenvalue weighted by Gasteiger charge is 2.39. The molecule has 5 atom stereocenters. The lowest BCUT2D eigenvalue weighted by molar-refractivity contribution is -0.0161. The summed E-state index contributed by atoms with van der Waals surface area (Å²) >= 11 is 0. The van der Waals surface area contributed by atoms with Crippen molar-refractivity contribution in [1.29, 1.82) is 0 Å². The molecule has 0 radical (unpaired) electrons. The standard InChI is InChI=1S/C21H23F2N7O3/c22-11-4-10(6-24-7-11)14-5-12(23)8-30(14)21(33)17-16-19(25-9-26-20(16)29-28-17)27-13-2-1-3-15(31)18(13)32/h4,6-7,9,12-15,18,31-32H,1-3,5,8H2,(H2,25,26,27,28,29)/t12-,13+,14+,15+,18-/m0/s1. The zero-order valence-electron chi connectivity index (χ0n) is 17.5. The van der Waals surface area contributed by atoms with Crippen LogP contribution in [0.1, 0.15) is 47.8 Å². The summed E-state index contributed by atoms with van der Waals surface area (Å²) in [6, 6.07) is 0.0708. The fourth-order valence-electron chi connectivity index (χ4n) is 4.69. The van der Waals surface area contributed by atoms with Crippen molar-refractivity contribution in [2.75, 3.05) is 11.9 Å². The Kier molecular flexibility index (Phi) is 5.62. The highest BCUT2D eigenvalue weighted by atomic mass is 19.1. The summed E-state index contributed by atoms with van der Waals surface area (Å²) in [4.78, 5) is 27.0. The number of fused-ring (bicyclic) bond motifs is 1. The molecule has 0 bridgehead atoms. The number of carbonyl (C=O) groups excluding carboxylic acids is 1. The molecular weight excluding hydrogens is 436 g/mol. The van der Waals surface area contributed by atoms with E-state index in [0.29, 0.717) is 29.4 Å². The van der Waals surface area contributed by atoms with Gasteiger partial charge in [-0.25, -0.2) is 18.7 Å². The van der Waals surface area contributed by atoms with Gasteiger partial charge >= 0.3 is 0 Å². The van der Waals surface area contributed by atoms with E-state index in [1.54, 1.807) is 0 Å². The second kappa shape index (κ2) is 8.60. The average molecular weight is 459 g/mol. The molecule has 3 aromatic rings. The van der Waals surface area contributed by atoms with E-state index in [1.165, 1.54) is 23.5 Å². The van der Waals surface area contributed by atoms with E-state index in [1.807, 2.05) is 0 Å². The number of likely N-dealkylation sites (tertiary alicyclic amines) is 1. The van der Waals surface area contributed by atoms with Crippen molar-refractivity contribution < 1.29 is 23.8 Å². The number of halogens is 2. The molecule has 2 fully saturated rings. The Morgan fingerprint density at radius 2 is 2.09 bits per heavy atom. The first-order chi connectivity index (χ1) is 15.9. The molecule has 4 N–H and O–H groups in total. The molecule has 5 rings (SSSR count). The van der Waals surface area contributed by atoms with Crippen LogP contribution in [0.5, 0.6) is 0 Å². The molecule has 1 amide bonds. The summed E-state index contributed by atoms with van der Waals surface area (Å²) in [5.41, 5.74) is 0.682. The SMILES string of the molecule is O=C(c1n[nH]c2ncnc(N[C@@H]3CCC[C@@H](O)[C@H]3O)c12)N1C[C@@H](F)C[C@@H]1c1cncc(F)c1. The zero-order chi connectivity index (χ0) is 23.1. The summed E-state index contributed by atoms with van der Waals surface area (Å²) in [5.74, 6) is -0.853. The van der Waals surface area contributed by atoms with Crippen LogP contribution in [0.2, 0.25) is 0 Å². The lowest BCUT2D eigenvalue weighted by Crippen LogP contribution is -2.45. The van der Waals surface area contributed by atoms with Crippen molar-refractivity contribution >= 4 is 22.8 Å². The highest BCUT2D eigenvalue weighted by molar-refractivity contribution is 6.07. The maximum absolute atomic E-state index is 14.4. The van der Waals surface area contributed by atoms with Gasteiger partial charge in [0, 0.05) is 12.6 Å². The monoisotopic (exact) mass is 459 g/mol. The number of carbonyl (C=O) groups is 1. The largest absolute Gasteiger partial charge is 0.390 e. The third-order valence-electron chi connectivity index (χ3n) is 6.33. The van der Waals surface area contributed by atoms with Gasteiger partial charge < -0.3 is 20.4 Å². The number of anilines is 1. The van der Waals surface area contributed by atoms with Gasteiger partial charge in [0.1, 0.15) is 24.1 Å². The van der Waals surface area contributed by atoms with Crippen LogP contribution < -0.4 is 5.32 Å². The summed E-state index contributed by atoms with van der Waals surface area (Å²) in [6.45, 7) is -0.168. The Hall–Kier alpha value is -3.25. The average Bonchev–Trinajstić information content (AvgIpc) is 3.41. The van der Waals surface area contributed by atoms with Crippen LogP contribution in [-0.4, -0.2) is 77.1 Å². The van der Waals surface area contributed by atoms with Crippen molar-refractivity contribution in [3.05, 3.63) is 41.9 Å². The number of amides is 1. The van der Waals surface area contributed by atoms with Gasteiger partial charge in [-0.2, -0.15) is 5.10 Å². The minimum Gasteiger partial charge on any atom is -0.390 e. The van der Waals surface area contributed by atoms with Gasteiger partial charge in [0.25, 0.3) is 5.91 Å². The van der Waals surface area contributed by atoms with E-state index in [9.17, 15) is 23.8 Å². The highest BCUT2D eigenvalue weighted by Crippen LogP contribution is 2.36. The number of aliphatic hydroxyl groups is 2. The van der Waals surface area contributed by atoms with E-state index in [4.69, 9.17) is 0 Å². The van der Waals surface area contributed by atoms with Crippen LogP contribution in [0, 0.1) is 5.82 Å². The topological polar surface area (TPSA) is 140 Å². The number of hydrogen-bond acceptors (Lipinski definition) is 8. The maximum atomic E-state index is 14.4. The number of hydrogen-bond donors (Lipinski definition) is 4. The normalized spacial score (nSPS) is 27.8. The second-order valence-corrected chi connectivity index (χ2v) is 8.50. The molecular formula is C21H23F2N7O3. The Morgan fingerprint density at radius 3 is 2.91 bits per heavy atom. The molecule has 2 aliphatic rings. The van der Waals surface area contributed by atoms with Crippen LogP contribution in [-0.2, 0) is 0 Å². The Bertz CT molecular complexity index is 1180. The van der Waals surface area contributed by atoms with E-state index < -0.39 is 42.2 Å². The van der Waals surface area contributed by atoms with Gasteiger partial charge in [0.15, 0.2) is 11.3 Å². The lowest BCUT2D eigenvalue weighted by atomic mass is 9.90.